The predicted octanol–water partition coefficient (Wildman–Crippen LogP) is 4.74. The molecule has 0 spiro atoms. The zero-order chi connectivity index (χ0) is 17.6. The monoisotopic (exact) mass is 353 g/mol. The van der Waals surface area contributed by atoms with Crippen molar-refractivity contribution in [2.45, 2.75) is 0 Å². The van der Waals surface area contributed by atoms with Crippen molar-refractivity contribution in [3.05, 3.63) is 77.4 Å². The maximum absolute atomic E-state index is 12.3. The Labute approximate surface area is 150 Å². The van der Waals surface area contributed by atoms with Crippen LogP contribution in [0.5, 0.6) is 5.75 Å². The highest BCUT2D eigenvalue weighted by molar-refractivity contribution is 6.30. The van der Waals surface area contributed by atoms with Gasteiger partial charge in [0.05, 0.1) is 18.4 Å². The van der Waals surface area contributed by atoms with Crippen molar-refractivity contribution in [3.63, 3.8) is 0 Å². The Morgan fingerprint density at radius 1 is 1.08 bits per heavy atom. The summed E-state index contributed by atoms with van der Waals surface area (Å²) in [6, 6.07) is 17.9. The molecule has 2 N–H and O–H groups in total. The minimum Gasteiger partial charge on any atom is -0.495 e. The first-order valence-corrected chi connectivity index (χ1v) is 7.96. The second kappa shape index (κ2) is 7.68. The zero-order valence-corrected chi connectivity index (χ0v) is 14.2. The summed E-state index contributed by atoms with van der Waals surface area (Å²) in [6.07, 6.45) is 1.51. The number of para-hydroxylation sites is 2. The standard InChI is InChI=1S/C19H16ClN3O2/c1-25-17-8-3-2-7-16(17)23-18-10-9-13(12-21-18)19(24)22-15-6-4-5-14(20)11-15/h2-12H,1H3,(H,21,23)(H,22,24). The number of anilines is 3. The summed E-state index contributed by atoms with van der Waals surface area (Å²) in [5.41, 5.74) is 1.88. The van der Waals surface area contributed by atoms with Gasteiger partial charge in [-0.2, -0.15) is 0 Å². The average Bonchev–Trinajstić information content (AvgIpc) is 2.63. The first-order chi connectivity index (χ1) is 12.2. The van der Waals surface area contributed by atoms with Crippen LogP contribution in [0.3, 0.4) is 0 Å². The molecule has 0 aliphatic heterocycles. The van der Waals surface area contributed by atoms with Crippen LogP contribution in [0.2, 0.25) is 5.02 Å². The van der Waals surface area contributed by atoms with E-state index in [1.807, 2.05) is 24.3 Å². The van der Waals surface area contributed by atoms with Crippen molar-refractivity contribution in [1.29, 1.82) is 0 Å². The molecule has 2 aromatic carbocycles. The number of halogens is 1. The van der Waals surface area contributed by atoms with Crippen molar-refractivity contribution in [1.82, 2.24) is 4.98 Å². The summed E-state index contributed by atoms with van der Waals surface area (Å²) in [5, 5.41) is 6.51. The lowest BCUT2D eigenvalue weighted by molar-refractivity contribution is 0.102. The fourth-order valence-electron chi connectivity index (χ4n) is 2.26. The van der Waals surface area contributed by atoms with Crippen LogP contribution in [0.15, 0.2) is 66.9 Å². The second-order valence-corrected chi connectivity index (χ2v) is 5.66. The topological polar surface area (TPSA) is 63.2 Å². The lowest BCUT2D eigenvalue weighted by atomic mass is 10.2. The second-order valence-electron chi connectivity index (χ2n) is 5.22. The van der Waals surface area contributed by atoms with Gasteiger partial charge in [0.25, 0.3) is 5.91 Å². The fraction of sp³-hybridized carbons (Fsp3) is 0.0526. The number of rotatable bonds is 5. The molecule has 6 heteroatoms. The first-order valence-electron chi connectivity index (χ1n) is 7.59. The molecule has 0 atom stereocenters. The van der Waals surface area contributed by atoms with Crippen molar-refractivity contribution in [3.8, 4) is 5.75 Å². The normalized spacial score (nSPS) is 10.2. The van der Waals surface area contributed by atoms with E-state index in [1.165, 1.54) is 6.20 Å². The van der Waals surface area contributed by atoms with Gasteiger partial charge in [0, 0.05) is 16.9 Å². The van der Waals surface area contributed by atoms with Crippen molar-refractivity contribution in [2.24, 2.45) is 0 Å². The lowest BCUT2D eigenvalue weighted by Crippen LogP contribution is -2.12. The number of hydrogen-bond donors (Lipinski definition) is 2. The van der Waals surface area contributed by atoms with E-state index in [2.05, 4.69) is 15.6 Å². The Morgan fingerprint density at radius 3 is 2.64 bits per heavy atom. The number of methoxy groups -OCH3 is 1. The van der Waals surface area contributed by atoms with Crippen molar-refractivity contribution in [2.75, 3.05) is 17.7 Å². The van der Waals surface area contributed by atoms with Gasteiger partial charge in [0.2, 0.25) is 0 Å². The number of pyridine rings is 1. The van der Waals surface area contributed by atoms with Crippen molar-refractivity contribution >= 4 is 34.7 Å². The van der Waals surface area contributed by atoms with Crippen LogP contribution in [0.25, 0.3) is 0 Å². The molecule has 3 rings (SSSR count). The van der Waals surface area contributed by atoms with Gasteiger partial charge in [-0.15, -0.1) is 0 Å². The van der Waals surface area contributed by atoms with Gasteiger partial charge in [-0.05, 0) is 42.5 Å². The molecule has 1 aromatic heterocycles. The predicted molar refractivity (Wildman–Crippen MR) is 99.9 cm³/mol. The van der Waals surface area contributed by atoms with E-state index < -0.39 is 0 Å². The van der Waals surface area contributed by atoms with Crippen molar-refractivity contribution < 1.29 is 9.53 Å². The molecule has 0 saturated heterocycles. The summed E-state index contributed by atoms with van der Waals surface area (Å²) in [5.74, 6) is 1.08. The van der Waals surface area contributed by atoms with Gasteiger partial charge in [-0.1, -0.05) is 29.8 Å². The molecule has 126 valence electrons. The summed E-state index contributed by atoms with van der Waals surface area (Å²) in [7, 11) is 1.61. The van der Waals surface area contributed by atoms with Crippen LogP contribution in [-0.2, 0) is 0 Å². The minimum absolute atomic E-state index is 0.251. The zero-order valence-electron chi connectivity index (χ0n) is 13.5. The molecule has 1 amide bonds. The summed E-state index contributed by atoms with van der Waals surface area (Å²) < 4.78 is 5.29. The molecular formula is C19H16ClN3O2. The number of carbonyl (C=O) groups excluding carboxylic acids is 1. The highest BCUT2D eigenvalue weighted by Crippen LogP contribution is 2.26. The van der Waals surface area contributed by atoms with E-state index in [-0.39, 0.29) is 5.91 Å². The summed E-state index contributed by atoms with van der Waals surface area (Å²) in [4.78, 5) is 16.5. The third-order valence-electron chi connectivity index (χ3n) is 3.48. The maximum Gasteiger partial charge on any atom is 0.257 e. The SMILES string of the molecule is COc1ccccc1Nc1ccc(C(=O)Nc2cccc(Cl)c2)cn1. The summed E-state index contributed by atoms with van der Waals surface area (Å²) in [6.45, 7) is 0. The molecule has 0 bridgehead atoms. The number of nitrogens with one attached hydrogen (secondary N) is 2. The molecule has 25 heavy (non-hydrogen) atoms. The molecule has 0 saturated carbocycles. The highest BCUT2D eigenvalue weighted by Gasteiger charge is 2.08. The van der Waals surface area contributed by atoms with Gasteiger partial charge in [0.15, 0.2) is 0 Å². The Hall–Kier alpha value is -3.05. The van der Waals surface area contributed by atoms with Crippen LogP contribution in [0.1, 0.15) is 10.4 Å². The van der Waals surface area contributed by atoms with E-state index >= 15 is 0 Å². The molecule has 0 radical (unpaired) electrons. The van der Waals surface area contributed by atoms with Crippen LogP contribution in [0, 0.1) is 0 Å². The summed E-state index contributed by atoms with van der Waals surface area (Å²) >= 11 is 5.91. The Kier molecular flexibility index (Phi) is 5.16. The molecule has 1 heterocycles. The van der Waals surface area contributed by atoms with Gasteiger partial charge >= 0.3 is 0 Å². The molecular weight excluding hydrogens is 338 g/mol. The van der Waals surface area contributed by atoms with E-state index in [4.69, 9.17) is 16.3 Å². The molecule has 0 fully saturated rings. The largest absolute Gasteiger partial charge is 0.495 e. The molecule has 0 unspecified atom stereocenters. The minimum atomic E-state index is -0.251. The number of amides is 1. The van der Waals surface area contributed by atoms with Gasteiger partial charge in [0.1, 0.15) is 11.6 Å². The van der Waals surface area contributed by atoms with E-state index in [9.17, 15) is 4.79 Å². The first kappa shape index (κ1) is 16.8. The van der Waals surface area contributed by atoms with Gasteiger partial charge < -0.3 is 15.4 Å². The third-order valence-corrected chi connectivity index (χ3v) is 3.71. The van der Waals surface area contributed by atoms with Crippen LogP contribution in [-0.4, -0.2) is 18.0 Å². The Balaban J connectivity index is 1.70. The Bertz CT molecular complexity index is 882. The molecule has 0 aliphatic rings. The number of benzene rings is 2. The van der Waals surface area contributed by atoms with Crippen LogP contribution >= 0.6 is 11.6 Å². The lowest BCUT2D eigenvalue weighted by Gasteiger charge is -2.10. The van der Waals surface area contributed by atoms with Gasteiger partial charge in [-0.25, -0.2) is 4.98 Å². The van der Waals surface area contributed by atoms with Crippen LogP contribution in [0.4, 0.5) is 17.2 Å². The average molecular weight is 354 g/mol. The van der Waals surface area contributed by atoms with E-state index in [0.717, 1.165) is 5.69 Å². The number of ether oxygens (including phenoxy) is 1. The maximum atomic E-state index is 12.3. The number of carbonyl (C=O) groups is 1. The number of aromatic nitrogens is 1. The smallest absolute Gasteiger partial charge is 0.257 e. The van der Waals surface area contributed by atoms with Crippen LogP contribution < -0.4 is 15.4 Å². The molecule has 0 aliphatic carbocycles. The quantitative estimate of drug-likeness (QED) is 0.695. The fourth-order valence-corrected chi connectivity index (χ4v) is 2.45. The van der Waals surface area contributed by atoms with E-state index in [1.54, 1.807) is 43.5 Å². The van der Waals surface area contributed by atoms with E-state index in [0.29, 0.717) is 27.8 Å². The number of hydrogen-bond acceptors (Lipinski definition) is 4. The molecule has 5 nitrogen and oxygen atoms in total. The highest BCUT2D eigenvalue weighted by atomic mass is 35.5. The molecule has 3 aromatic rings. The number of nitrogens with zero attached hydrogens (tertiary/aromatic N) is 1. The van der Waals surface area contributed by atoms with Gasteiger partial charge in [-0.3, -0.25) is 4.79 Å². The Morgan fingerprint density at radius 2 is 1.92 bits per heavy atom. The third kappa shape index (κ3) is 4.28.